The van der Waals surface area contributed by atoms with Gasteiger partial charge in [-0.1, -0.05) is 24.3 Å². The van der Waals surface area contributed by atoms with Crippen molar-refractivity contribution in [2.24, 2.45) is 0 Å². The molecule has 0 N–H and O–H groups in total. The Bertz CT molecular complexity index is 875. The average Bonchev–Trinajstić information content (AvgIpc) is 3.15. The smallest absolute Gasteiger partial charge is 0.257 e. The lowest BCUT2D eigenvalue weighted by Gasteiger charge is -2.23. The Labute approximate surface area is 207 Å². The molecule has 1 fully saturated rings. The number of amides is 2. The Morgan fingerprint density at radius 1 is 0.657 bits per heavy atom. The number of para-hydroxylation sites is 2. The topological polar surface area (TPSA) is 77.5 Å². The maximum absolute atomic E-state index is 13.3. The van der Waals surface area contributed by atoms with Crippen LogP contribution in [0.2, 0.25) is 0 Å². The van der Waals surface area contributed by atoms with E-state index < -0.39 is 0 Å². The number of rotatable bonds is 12. The number of hydrogen-bond acceptors (Lipinski definition) is 6. The van der Waals surface area contributed by atoms with E-state index in [4.69, 9.17) is 18.9 Å². The fourth-order valence-corrected chi connectivity index (χ4v) is 3.91. The summed E-state index contributed by atoms with van der Waals surface area (Å²) in [6, 6.07) is 14.5. The summed E-state index contributed by atoms with van der Waals surface area (Å²) < 4.78 is 22.3. The fraction of sp³-hybridized carbons (Fsp3) is 0.481. The maximum atomic E-state index is 13.3. The first-order valence-electron chi connectivity index (χ1n) is 12.3. The summed E-state index contributed by atoms with van der Waals surface area (Å²) in [7, 11) is 0. The Morgan fingerprint density at radius 2 is 1.09 bits per heavy atom. The van der Waals surface area contributed by atoms with Crippen LogP contribution < -0.4 is 9.47 Å². The number of nitrogens with zero attached hydrogens (tertiary/aromatic N) is 2. The van der Waals surface area contributed by atoms with E-state index in [0.717, 1.165) is 0 Å². The summed E-state index contributed by atoms with van der Waals surface area (Å²) in [6.45, 7) is 8.85. The van der Waals surface area contributed by atoms with Crippen molar-refractivity contribution in [3.05, 3.63) is 59.7 Å². The van der Waals surface area contributed by atoms with Gasteiger partial charge in [-0.15, -0.1) is 0 Å². The van der Waals surface area contributed by atoms with Gasteiger partial charge in [-0.2, -0.15) is 0 Å². The van der Waals surface area contributed by atoms with Crippen LogP contribution in [0.1, 0.15) is 41.0 Å². The first-order valence-corrected chi connectivity index (χ1v) is 12.3. The molecule has 0 aromatic heterocycles. The lowest BCUT2D eigenvalue weighted by molar-refractivity contribution is 0.0709. The average molecular weight is 485 g/mol. The van der Waals surface area contributed by atoms with Crippen LogP contribution in [-0.2, 0) is 9.47 Å². The number of carbonyl (C=O) groups is 2. The standard InChI is InChI=1S/C27H36N2O6/c1-3-32-18-20-34-24-12-7-5-10-22(24)26(30)28-14-9-15-29(17-16-28)27(31)23-11-6-8-13-25(23)35-21-19-33-4-2/h5-8,10-13H,3-4,9,14-21H2,1-2H3. The Morgan fingerprint density at radius 3 is 1.51 bits per heavy atom. The molecule has 1 heterocycles. The van der Waals surface area contributed by atoms with Crippen molar-refractivity contribution in [2.75, 3.05) is 65.8 Å². The second-order valence-corrected chi connectivity index (χ2v) is 8.02. The van der Waals surface area contributed by atoms with Crippen molar-refractivity contribution in [1.29, 1.82) is 0 Å². The molecule has 190 valence electrons. The molecule has 0 bridgehead atoms. The second kappa shape index (κ2) is 14.3. The molecule has 8 nitrogen and oxygen atoms in total. The quantitative estimate of drug-likeness (QED) is 0.429. The number of benzene rings is 2. The molecule has 2 aromatic carbocycles. The third-order valence-corrected chi connectivity index (χ3v) is 5.68. The summed E-state index contributed by atoms with van der Waals surface area (Å²) in [6.07, 6.45) is 0.693. The monoisotopic (exact) mass is 484 g/mol. The molecule has 0 saturated carbocycles. The van der Waals surface area contributed by atoms with Crippen molar-refractivity contribution in [1.82, 2.24) is 9.80 Å². The molecule has 0 unspecified atom stereocenters. The molecule has 0 radical (unpaired) electrons. The highest BCUT2D eigenvalue weighted by atomic mass is 16.5. The van der Waals surface area contributed by atoms with Gasteiger partial charge in [0.2, 0.25) is 0 Å². The molecule has 1 saturated heterocycles. The fourth-order valence-electron chi connectivity index (χ4n) is 3.91. The van der Waals surface area contributed by atoms with E-state index in [1.807, 2.05) is 38.1 Å². The molecule has 2 amide bonds. The second-order valence-electron chi connectivity index (χ2n) is 8.02. The highest BCUT2D eigenvalue weighted by molar-refractivity contribution is 5.98. The number of ether oxygens (including phenoxy) is 4. The maximum Gasteiger partial charge on any atom is 0.257 e. The molecule has 0 atom stereocenters. The van der Waals surface area contributed by atoms with E-state index >= 15 is 0 Å². The van der Waals surface area contributed by atoms with Crippen LogP contribution in [0.4, 0.5) is 0 Å². The number of hydrogen-bond donors (Lipinski definition) is 0. The SMILES string of the molecule is CCOCCOc1ccccc1C(=O)N1CCCN(C(=O)c2ccccc2OCCOCC)CC1. The zero-order valence-electron chi connectivity index (χ0n) is 20.7. The molecule has 1 aliphatic heterocycles. The summed E-state index contributed by atoms with van der Waals surface area (Å²) in [5, 5.41) is 0. The first kappa shape index (κ1) is 26.5. The van der Waals surface area contributed by atoms with Gasteiger partial charge in [-0.25, -0.2) is 0 Å². The van der Waals surface area contributed by atoms with E-state index in [-0.39, 0.29) is 11.8 Å². The normalized spacial score (nSPS) is 13.9. The van der Waals surface area contributed by atoms with Crippen LogP contribution in [-0.4, -0.2) is 87.4 Å². The lowest BCUT2D eigenvalue weighted by Crippen LogP contribution is -2.37. The summed E-state index contributed by atoms with van der Waals surface area (Å²) in [4.78, 5) is 30.2. The Balaban J connectivity index is 1.62. The van der Waals surface area contributed by atoms with Crippen LogP contribution in [0, 0.1) is 0 Å². The molecule has 2 aromatic rings. The minimum absolute atomic E-state index is 0.0917. The van der Waals surface area contributed by atoms with Gasteiger partial charge in [0.25, 0.3) is 11.8 Å². The van der Waals surface area contributed by atoms with E-state index in [1.54, 1.807) is 34.1 Å². The third kappa shape index (κ3) is 7.70. The predicted molar refractivity (Wildman–Crippen MR) is 133 cm³/mol. The van der Waals surface area contributed by atoms with Gasteiger partial charge >= 0.3 is 0 Å². The highest BCUT2D eigenvalue weighted by Crippen LogP contribution is 2.23. The minimum atomic E-state index is -0.0917. The van der Waals surface area contributed by atoms with Crippen molar-refractivity contribution >= 4 is 11.8 Å². The summed E-state index contributed by atoms with van der Waals surface area (Å²) in [5.41, 5.74) is 1.05. The molecule has 8 heteroatoms. The van der Waals surface area contributed by atoms with Gasteiger partial charge in [0, 0.05) is 39.4 Å². The molecule has 3 rings (SSSR count). The van der Waals surface area contributed by atoms with Gasteiger partial charge in [0.1, 0.15) is 24.7 Å². The highest BCUT2D eigenvalue weighted by Gasteiger charge is 2.26. The molecule has 0 spiro atoms. The Hall–Kier alpha value is -3.10. The van der Waals surface area contributed by atoms with Crippen molar-refractivity contribution < 1.29 is 28.5 Å². The van der Waals surface area contributed by atoms with Gasteiger partial charge in [0.15, 0.2) is 0 Å². The van der Waals surface area contributed by atoms with E-state index in [2.05, 4.69) is 0 Å². The zero-order valence-corrected chi connectivity index (χ0v) is 20.7. The van der Waals surface area contributed by atoms with Crippen molar-refractivity contribution in [2.45, 2.75) is 20.3 Å². The van der Waals surface area contributed by atoms with E-state index in [1.165, 1.54) is 0 Å². The largest absolute Gasteiger partial charge is 0.490 e. The van der Waals surface area contributed by atoms with Gasteiger partial charge in [-0.05, 0) is 44.5 Å². The van der Waals surface area contributed by atoms with E-state index in [0.29, 0.717) is 94.9 Å². The van der Waals surface area contributed by atoms with Crippen molar-refractivity contribution in [3.63, 3.8) is 0 Å². The third-order valence-electron chi connectivity index (χ3n) is 5.68. The van der Waals surface area contributed by atoms with Crippen molar-refractivity contribution in [3.8, 4) is 11.5 Å². The van der Waals surface area contributed by atoms with Crippen LogP contribution in [0.25, 0.3) is 0 Å². The van der Waals surface area contributed by atoms with Gasteiger partial charge < -0.3 is 28.7 Å². The van der Waals surface area contributed by atoms with E-state index in [9.17, 15) is 9.59 Å². The molecule has 35 heavy (non-hydrogen) atoms. The number of carbonyl (C=O) groups excluding carboxylic acids is 2. The predicted octanol–water partition coefficient (Wildman–Crippen LogP) is 3.51. The molecular weight excluding hydrogens is 448 g/mol. The zero-order chi connectivity index (χ0) is 24.9. The molecule has 1 aliphatic rings. The molecular formula is C27H36N2O6. The first-order chi connectivity index (χ1) is 17.2. The van der Waals surface area contributed by atoms with Crippen LogP contribution >= 0.6 is 0 Å². The summed E-state index contributed by atoms with van der Waals surface area (Å²) >= 11 is 0. The molecule has 0 aliphatic carbocycles. The van der Waals surface area contributed by atoms with Crippen LogP contribution in [0.3, 0.4) is 0 Å². The Kier molecular flexibility index (Phi) is 10.9. The van der Waals surface area contributed by atoms with Crippen LogP contribution in [0.5, 0.6) is 11.5 Å². The lowest BCUT2D eigenvalue weighted by atomic mass is 10.1. The van der Waals surface area contributed by atoms with Crippen LogP contribution in [0.15, 0.2) is 48.5 Å². The van der Waals surface area contributed by atoms with Gasteiger partial charge in [-0.3, -0.25) is 9.59 Å². The van der Waals surface area contributed by atoms with Gasteiger partial charge in [0.05, 0.1) is 24.3 Å². The minimum Gasteiger partial charge on any atom is -0.490 e. The summed E-state index contributed by atoms with van der Waals surface area (Å²) in [5.74, 6) is 0.914.